The third-order valence-electron chi connectivity index (χ3n) is 3.51. The van der Waals surface area contributed by atoms with Crippen LogP contribution in [0.2, 0.25) is 0 Å². The molecule has 0 aromatic heterocycles. The average molecular weight is 280 g/mol. The van der Waals surface area contributed by atoms with Gasteiger partial charge in [0.1, 0.15) is 0 Å². The monoisotopic (exact) mass is 280 g/mol. The molecule has 2 unspecified atom stereocenters. The molecular formula is C13H23F3N2O. The van der Waals surface area contributed by atoms with E-state index in [1.807, 2.05) is 20.8 Å². The number of piperidine rings is 1. The highest BCUT2D eigenvalue weighted by Gasteiger charge is 2.33. The van der Waals surface area contributed by atoms with Gasteiger partial charge in [-0.3, -0.25) is 4.79 Å². The van der Waals surface area contributed by atoms with Gasteiger partial charge in [0, 0.05) is 25.0 Å². The first-order chi connectivity index (χ1) is 8.73. The molecule has 0 saturated carbocycles. The average Bonchev–Trinajstić information content (AvgIpc) is 2.34. The van der Waals surface area contributed by atoms with Crippen molar-refractivity contribution in [2.24, 2.45) is 11.8 Å². The van der Waals surface area contributed by atoms with Gasteiger partial charge in [0.2, 0.25) is 5.91 Å². The van der Waals surface area contributed by atoms with E-state index in [9.17, 15) is 18.0 Å². The number of halogens is 3. The Kier molecular flexibility index (Phi) is 5.64. The Balaban J connectivity index is 2.60. The van der Waals surface area contributed by atoms with Crippen LogP contribution in [0, 0.1) is 11.8 Å². The number of nitrogens with zero attached hydrogens (tertiary/aromatic N) is 1. The molecule has 1 aliphatic heterocycles. The first kappa shape index (κ1) is 16.3. The minimum absolute atomic E-state index is 0.0250. The number of hydrogen-bond acceptors (Lipinski definition) is 2. The summed E-state index contributed by atoms with van der Waals surface area (Å²) in [7, 11) is 0. The molecule has 112 valence electrons. The standard InChI is InChI=1S/C13H23F3N2O/c1-4-10-5-11(17-8-13(14,15)16)7-18(6-10)12(19)9(2)3/h9-11,17H,4-8H2,1-3H3. The molecule has 0 aromatic rings. The van der Waals surface area contributed by atoms with E-state index >= 15 is 0 Å². The van der Waals surface area contributed by atoms with E-state index in [0.29, 0.717) is 19.5 Å². The van der Waals surface area contributed by atoms with E-state index in [4.69, 9.17) is 0 Å². The Morgan fingerprint density at radius 1 is 1.37 bits per heavy atom. The second-order valence-corrected chi connectivity index (χ2v) is 5.60. The second-order valence-electron chi connectivity index (χ2n) is 5.60. The number of alkyl halides is 3. The van der Waals surface area contributed by atoms with Gasteiger partial charge in [0.25, 0.3) is 0 Å². The minimum atomic E-state index is -4.20. The SMILES string of the molecule is CCC1CC(NCC(F)(F)F)CN(C(=O)C(C)C)C1. The number of likely N-dealkylation sites (tertiary alicyclic amines) is 1. The maximum atomic E-state index is 12.2. The van der Waals surface area contributed by atoms with Crippen molar-refractivity contribution in [2.75, 3.05) is 19.6 Å². The first-order valence-corrected chi connectivity index (χ1v) is 6.81. The Morgan fingerprint density at radius 3 is 2.47 bits per heavy atom. The van der Waals surface area contributed by atoms with Crippen LogP contribution in [0.25, 0.3) is 0 Å². The van der Waals surface area contributed by atoms with Crippen LogP contribution >= 0.6 is 0 Å². The molecule has 0 aromatic carbocycles. The van der Waals surface area contributed by atoms with Gasteiger partial charge in [-0.05, 0) is 12.3 Å². The molecule has 6 heteroatoms. The van der Waals surface area contributed by atoms with Crippen LogP contribution in [-0.4, -0.2) is 42.7 Å². The summed E-state index contributed by atoms with van der Waals surface area (Å²) < 4.78 is 36.7. The zero-order chi connectivity index (χ0) is 14.6. The van der Waals surface area contributed by atoms with Gasteiger partial charge in [-0.1, -0.05) is 27.2 Å². The summed E-state index contributed by atoms with van der Waals surface area (Å²) in [4.78, 5) is 13.7. The molecule has 1 fully saturated rings. The molecule has 0 bridgehead atoms. The summed E-state index contributed by atoms with van der Waals surface area (Å²) in [5, 5.41) is 2.53. The van der Waals surface area contributed by atoms with E-state index < -0.39 is 12.7 Å². The number of amides is 1. The van der Waals surface area contributed by atoms with Gasteiger partial charge < -0.3 is 10.2 Å². The maximum absolute atomic E-state index is 12.2. The number of carbonyl (C=O) groups excluding carboxylic acids is 1. The van der Waals surface area contributed by atoms with E-state index in [1.54, 1.807) is 4.90 Å². The summed E-state index contributed by atoms with van der Waals surface area (Å²) in [5.41, 5.74) is 0. The van der Waals surface area contributed by atoms with Gasteiger partial charge in [0.15, 0.2) is 0 Å². The Morgan fingerprint density at radius 2 is 2.00 bits per heavy atom. The smallest absolute Gasteiger partial charge is 0.341 e. The van der Waals surface area contributed by atoms with Gasteiger partial charge in [0.05, 0.1) is 6.54 Å². The van der Waals surface area contributed by atoms with Crippen molar-refractivity contribution in [3.8, 4) is 0 Å². The number of hydrogen-bond donors (Lipinski definition) is 1. The highest BCUT2D eigenvalue weighted by atomic mass is 19.4. The summed E-state index contributed by atoms with van der Waals surface area (Å²) in [5.74, 6) is 0.193. The maximum Gasteiger partial charge on any atom is 0.401 e. The first-order valence-electron chi connectivity index (χ1n) is 6.81. The molecular weight excluding hydrogens is 257 g/mol. The lowest BCUT2D eigenvalue weighted by Crippen LogP contribution is -2.53. The molecule has 1 saturated heterocycles. The van der Waals surface area contributed by atoms with Gasteiger partial charge in [-0.2, -0.15) is 13.2 Å². The van der Waals surface area contributed by atoms with E-state index in [0.717, 1.165) is 6.42 Å². The molecule has 0 aliphatic carbocycles. The largest absolute Gasteiger partial charge is 0.401 e. The van der Waals surface area contributed by atoms with Crippen LogP contribution in [0.15, 0.2) is 0 Å². The quantitative estimate of drug-likeness (QED) is 0.857. The van der Waals surface area contributed by atoms with Crippen LogP contribution in [0.1, 0.15) is 33.6 Å². The lowest BCUT2D eigenvalue weighted by atomic mass is 9.91. The Bertz CT molecular complexity index is 305. The highest BCUT2D eigenvalue weighted by Crippen LogP contribution is 2.22. The fourth-order valence-electron chi connectivity index (χ4n) is 2.45. The van der Waals surface area contributed by atoms with Crippen LogP contribution in [-0.2, 0) is 4.79 Å². The molecule has 3 nitrogen and oxygen atoms in total. The molecule has 0 spiro atoms. The van der Waals surface area contributed by atoms with Crippen molar-refractivity contribution in [1.29, 1.82) is 0 Å². The van der Waals surface area contributed by atoms with Crippen molar-refractivity contribution in [2.45, 2.75) is 45.8 Å². The van der Waals surface area contributed by atoms with Gasteiger partial charge in [-0.25, -0.2) is 0 Å². The van der Waals surface area contributed by atoms with Crippen molar-refractivity contribution in [3.63, 3.8) is 0 Å². The van der Waals surface area contributed by atoms with Gasteiger partial charge >= 0.3 is 6.18 Å². The van der Waals surface area contributed by atoms with E-state index in [1.165, 1.54) is 0 Å². The van der Waals surface area contributed by atoms with Crippen LogP contribution < -0.4 is 5.32 Å². The minimum Gasteiger partial charge on any atom is -0.341 e. The second kappa shape index (κ2) is 6.59. The fourth-order valence-corrected chi connectivity index (χ4v) is 2.45. The molecule has 2 atom stereocenters. The third-order valence-corrected chi connectivity index (χ3v) is 3.51. The molecule has 19 heavy (non-hydrogen) atoms. The van der Waals surface area contributed by atoms with E-state index in [-0.39, 0.29) is 23.8 Å². The number of nitrogens with one attached hydrogen (secondary N) is 1. The zero-order valence-electron chi connectivity index (χ0n) is 11.8. The number of rotatable bonds is 4. The van der Waals surface area contributed by atoms with Crippen molar-refractivity contribution in [3.05, 3.63) is 0 Å². The predicted octanol–water partition coefficient (Wildman–Crippen LogP) is 2.42. The lowest BCUT2D eigenvalue weighted by Gasteiger charge is -2.39. The lowest BCUT2D eigenvalue weighted by molar-refractivity contribution is -0.138. The normalized spacial score (nSPS) is 24.9. The zero-order valence-corrected chi connectivity index (χ0v) is 11.8. The summed E-state index contributed by atoms with van der Waals surface area (Å²) >= 11 is 0. The predicted molar refractivity (Wildman–Crippen MR) is 67.7 cm³/mol. The van der Waals surface area contributed by atoms with Crippen molar-refractivity contribution >= 4 is 5.91 Å². The van der Waals surface area contributed by atoms with Gasteiger partial charge in [-0.15, -0.1) is 0 Å². The summed E-state index contributed by atoms with van der Waals surface area (Å²) in [6.07, 6.45) is -2.62. The highest BCUT2D eigenvalue weighted by molar-refractivity contribution is 5.78. The topological polar surface area (TPSA) is 32.3 Å². The number of carbonyl (C=O) groups is 1. The molecule has 0 radical (unpaired) electrons. The Hall–Kier alpha value is -0.780. The van der Waals surface area contributed by atoms with Crippen molar-refractivity contribution < 1.29 is 18.0 Å². The molecule has 1 N–H and O–H groups in total. The van der Waals surface area contributed by atoms with Crippen LogP contribution in [0.4, 0.5) is 13.2 Å². The third kappa shape index (κ3) is 5.38. The van der Waals surface area contributed by atoms with Crippen LogP contribution in [0.3, 0.4) is 0 Å². The summed E-state index contributed by atoms with van der Waals surface area (Å²) in [6, 6.07) is -0.261. The van der Waals surface area contributed by atoms with Crippen molar-refractivity contribution in [1.82, 2.24) is 10.2 Å². The van der Waals surface area contributed by atoms with E-state index in [2.05, 4.69) is 5.32 Å². The van der Waals surface area contributed by atoms with Crippen LogP contribution in [0.5, 0.6) is 0 Å². The Labute approximate surface area is 112 Å². The molecule has 1 rings (SSSR count). The molecule has 1 aliphatic rings. The molecule has 1 heterocycles. The summed E-state index contributed by atoms with van der Waals surface area (Å²) in [6.45, 7) is 5.69. The fraction of sp³-hybridized carbons (Fsp3) is 0.923. The molecule has 1 amide bonds.